The molecule has 0 radical (unpaired) electrons. The van der Waals surface area contributed by atoms with E-state index in [-0.39, 0.29) is 0 Å². The molecule has 1 rings (SSSR count). The van der Waals surface area contributed by atoms with Crippen LogP contribution in [0.1, 0.15) is 11.1 Å². The number of benzene rings is 1. The minimum atomic E-state index is -4.28. The molecule has 0 fully saturated rings. The predicted octanol–water partition coefficient (Wildman–Crippen LogP) is 1.72. The Kier molecular flexibility index (Phi) is 6.71. The van der Waals surface area contributed by atoms with Crippen molar-refractivity contribution in [1.29, 1.82) is 0 Å². The molecule has 0 aliphatic carbocycles. The van der Waals surface area contributed by atoms with Gasteiger partial charge in [-0.3, -0.25) is 0 Å². The Balaban J connectivity index is 0.000000631. The fourth-order valence-corrected chi connectivity index (χ4v) is 1.04. The zero-order valence-electron chi connectivity index (χ0n) is 9.82. The summed E-state index contributed by atoms with van der Waals surface area (Å²) in [5, 5.41) is 4.06. The van der Waals surface area contributed by atoms with Crippen LogP contribution in [0.25, 0.3) is 0 Å². The van der Waals surface area contributed by atoms with Crippen LogP contribution in [-0.2, 0) is 10.9 Å². The molecule has 0 saturated heterocycles. The molecule has 1 aromatic carbocycles. The maximum Gasteiger partial charge on any atom is 0.422 e. The molecule has 0 aliphatic rings. The van der Waals surface area contributed by atoms with E-state index < -0.39 is 23.7 Å². The van der Waals surface area contributed by atoms with Crippen LogP contribution in [0.3, 0.4) is 0 Å². The second-order valence-electron chi connectivity index (χ2n) is 3.39. The van der Waals surface area contributed by atoms with E-state index >= 15 is 0 Å². The molecule has 0 amide bonds. The number of ether oxygens (including phenoxy) is 1. The summed E-state index contributed by atoms with van der Waals surface area (Å²) >= 11 is 0. The molecular formula is C10H14F3NO3S. The van der Waals surface area contributed by atoms with E-state index in [1.807, 2.05) is 13.0 Å². The largest absolute Gasteiger partial charge is 0.484 e. The highest BCUT2D eigenvalue weighted by molar-refractivity contribution is 7.69. The molecule has 2 N–H and O–H groups in total. The van der Waals surface area contributed by atoms with E-state index in [1.165, 1.54) is 6.07 Å². The fraction of sp³-hybridized carbons (Fsp3) is 0.400. The molecule has 0 atom stereocenters. The lowest BCUT2D eigenvalue weighted by Gasteiger charge is -2.12. The summed E-state index contributed by atoms with van der Waals surface area (Å²) in [5.41, 5.74) is 1.67. The van der Waals surface area contributed by atoms with Crippen LogP contribution < -0.4 is 9.88 Å². The molecule has 1 aromatic rings. The van der Waals surface area contributed by atoms with Gasteiger partial charge in [-0.1, -0.05) is 12.1 Å². The Bertz CT molecular complexity index is 450. The van der Waals surface area contributed by atoms with Crippen molar-refractivity contribution in [1.82, 2.24) is 0 Å². The van der Waals surface area contributed by atoms with Crippen LogP contribution in [0.15, 0.2) is 18.2 Å². The zero-order valence-corrected chi connectivity index (χ0v) is 10.7. The molecule has 4 nitrogen and oxygen atoms in total. The van der Waals surface area contributed by atoms with E-state index in [4.69, 9.17) is 8.42 Å². The monoisotopic (exact) mass is 285 g/mol. The third kappa shape index (κ3) is 7.91. The lowest BCUT2D eigenvalue weighted by atomic mass is 10.1. The van der Waals surface area contributed by atoms with E-state index in [1.54, 1.807) is 13.0 Å². The van der Waals surface area contributed by atoms with Crippen molar-refractivity contribution in [2.75, 3.05) is 6.61 Å². The summed E-state index contributed by atoms with van der Waals surface area (Å²) in [4.78, 5) is 0. The number of rotatable bonds is 2. The smallest absolute Gasteiger partial charge is 0.422 e. The first-order valence-electron chi connectivity index (χ1n) is 4.78. The molecule has 0 aliphatic heterocycles. The van der Waals surface area contributed by atoms with Gasteiger partial charge in [0.15, 0.2) is 17.5 Å². The maximum atomic E-state index is 11.8. The number of hydrogen-bond acceptors (Lipinski definition) is 3. The molecule has 18 heavy (non-hydrogen) atoms. The molecule has 0 bridgehead atoms. The summed E-state index contributed by atoms with van der Waals surface area (Å²) in [7, 11) is -2.62. The van der Waals surface area contributed by atoms with E-state index in [2.05, 4.69) is 9.88 Å². The average molecular weight is 285 g/mol. The number of thiol groups is 1. The average Bonchev–Trinajstić information content (AvgIpc) is 2.18. The van der Waals surface area contributed by atoms with Crippen molar-refractivity contribution < 1.29 is 26.3 Å². The van der Waals surface area contributed by atoms with Crippen LogP contribution >= 0.6 is 0 Å². The molecule has 8 heteroatoms. The first-order chi connectivity index (χ1) is 8.13. The quantitative estimate of drug-likeness (QED) is 0.813. The van der Waals surface area contributed by atoms with Crippen LogP contribution in [0, 0.1) is 13.8 Å². The van der Waals surface area contributed by atoms with Gasteiger partial charge in [0, 0.05) is 0 Å². The highest BCUT2D eigenvalue weighted by Crippen LogP contribution is 2.23. The van der Waals surface area contributed by atoms with Crippen molar-refractivity contribution in [2.24, 2.45) is 5.14 Å². The predicted molar refractivity (Wildman–Crippen MR) is 62.0 cm³/mol. The lowest BCUT2D eigenvalue weighted by molar-refractivity contribution is -0.153. The lowest BCUT2D eigenvalue weighted by Crippen LogP contribution is -2.19. The highest BCUT2D eigenvalue weighted by Gasteiger charge is 2.28. The van der Waals surface area contributed by atoms with Crippen LogP contribution in [0.2, 0.25) is 0 Å². The Morgan fingerprint density at radius 2 is 1.78 bits per heavy atom. The Labute approximate surface area is 105 Å². The summed E-state index contributed by atoms with van der Waals surface area (Å²) in [6.07, 6.45) is -4.28. The van der Waals surface area contributed by atoms with Crippen molar-refractivity contribution in [3.05, 3.63) is 29.3 Å². The number of halogens is 3. The first kappa shape index (κ1) is 16.7. The number of aryl methyl sites for hydroxylation is 1. The highest BCUT2D eigenvalue weighted by atomic mass is 32.2. The normalized spacial score (nSPS) is 10.8. The van der Waals surface area contributed by atoms with Crippen molar-refractivity contribution in [3.8, 4) is 5.75 Å². The van der Waals surface area contributed by atoms with Crippen molar-refractivity contribution in [2.45, 2.75) is 20.0 Å². The Morgan fingerprint density at radius 3 is 2.22 bits per heavy atom. The van der Waals surface area contributed by atoms with E-state index in [9.17, 15) is 13.2 Å². The maximum absolute atomic E-state index is 11.8. The standard InChI is InChI=1S/C10H11F3O.H3NO2S/c1-7-4-3-5-9(8(7)2)14-6-10(11,12)13;1-4(2)3/h3-5H,6H2,1-2H3;4H,(H2,1,2,3). The minimum Gasteiger partial charge on any atom is -0.484 e. The number of hydrogen-bond donors (Lipinski definition) is 2. The third-order valence-electron chi connectivity index (χ3n) is 1.95. The SMILES string of the molecule is Cc1cccc(OCC(F)(F)F)c1C.N[SH](=O)=O. The second kappa shape index (κ2) is 7.22. The zero-order chi connectivity index (χ0) is 14.3. The van der Waals surface area contributed by atoms with Gasteiger partial charge in [0.2, 0.25) is 0 Å². The van der Waals surface area contributed by atoms with Gasteiger partial charge < -0.3 is 4.74 Å². The van der Waals surface area contributed by atoms with Crippen LogP contribution in [0.5, 0.6) is 5.75 Å². The fourth-order valence-electron chi connectivity index (χ4n) is 1.04. The molecule has 0 spiro atoms. The molecule has 0 aromatic heterocycles. The minimum absolute atomic E-state index is 0.294. The Hall–Kier alpha value is -1.28. The topological polar surface area (TPSA) is 69.4 Å². The molecule has 0 heterocycles. The summed E-state index contributed by atoms with van der Waals surface area (Å²) in [6.45, 7) is 2.33. The van der Waals surface area contributed by atoms with Gasteiger partial charge >= 0.3 is 6.18 Å². The van der Waals surface area contributed by atoms with Crippen LogP contribution in [-0.4, -0.2) is 21.2 Å². The first-order valence-corrected chi connectivity index (χ1v) is 6.03. The molecule has 104 valence electrons. The van der Waals surface area contributed by atoms with Gasteiger partial charge in [-0.05, 0) is 31.0 Å². The van der Waals surface area contributed by atoms with E-state index in [0.29, 0.717) is 5.75 Å². The van der Waals surface area contributed by atoms with Gasteiger partial charge in [0.1, 0.15) is 5.75 Å². The van der Waals surface area contributed by atoms with E-state index in [0.717, 1.165) is 11.1 Å². The third-order valence-corrected chi connectivity index (χ3v) is 1.95. The summed E-state index contributed by atoms with van der Waals surface area (Å²) in [5.74, 6) is 0.294. The molecular weight excluding hydrogens is 271 g/mol. The summed E-state index contributed by atoms with van der Waals surface area (Å²) in [6, 6.07) is 5.04. The van der Waals surface area contributed by atoms with Gasteiger partial charge in [0.05, 0.1) is 0 Å². The summed E-state index contributed by atoms with van der Waals surface area (Å²) < 4.78 is 57.8. The van der Waals surface area contributed by atoms with Crippen molar-refractivity contribution >= 4 is 10.9 Å². The molecule has 0 unspecified atom stereocenters. The number of alkyl halides is 3. The van der Waals surface area contributed by atoms with Crippen molar-refractivity contribution in [3.63, 3.8) is 0 Å². The number of nitrogens with two attached hydrogens (primary N) is 1. The van der Waals surface area contributed by atoms with Crippen LogP contribution in [0.4, 0.5) is 13.2 Å². The molecule has 0 saturated carbocycles. The Morgan fingerprint density at radius 1 is 1.28 bits per heavy atom. The van der Waals surface area contributed by atoms with Gasteiger partial charge in [-0.2, -0.15) is 13.2 Å². The van der Waals surface area contributed by atoms with Gasteiger partial charge in [-0.25, -0.2) is 13.6 Å². The second-order valence-corrected chi connectivity index (χ2v) is 3.96. The van der Waals surface area contributed by atoms with Gasteiger partial charge in [-0.15, -0.1) is 0 Å². The van der Waals surface area contributed by atoms with Gasteiger partial charge in [0.25, 0.3) is 0 Å².